The maximum absolute atomic E-state index is 13.9. The van der Waals surface area contributed by atoms with Crippen LogP contribution < -0.4 is 5.32 Å². The Morgan fingerprint density at radius 3 is 2.85 bits per heavy atom. The van der Waals surface area contributed by atoms with E-state index in [4.69, 9.17) is 16.0 Å². The van der Waals surface area contributed by atoms with Gasteiger partial charge in [0.05, 0.1) is 11.6 Å². The quantitative estimate of drug-likeness (QED) is 0.404. The van der Waals surface area contributed by atoms with Crippen molar-refractivity contribution in [1.29, 1.82) is 0 Å². The zero-order valence-corrected chi connectivity index (χ0v) is 19.9. The Labute approximate surface area is 203 Å². The Morgan fingerprint density at radius 1 is 1.21 bits per heavy atom. The van der Waals surface area contributed by atoms with E-state index in [0.717, 1.165) is 24.0 Å². The molecule has 5 rings (SSSR count). The van der Waals surface area contributed by atoms with Gasteiger partial charge in [0, 0.05) is 36.1 Å². The predicted molar refractivity (Wildman–Crippen MR) is 133 cm³/mol. The number of hydrogen-bond donors (Lipinski definition) is 1. The summed E-state index contributed by atoms with van der Waals surface area (Å²) < 4.78 is 5.82. The molecule has 2 atom stereocenters. The highest BCUT2D eigenvalue weighted by molar-refractivity contribution is 6.31. The van der Waals surface area contributed by atoms with Crippen molar-refractivity contribution < 1.29 is 9.21 Å². The van der Waals surface area contributed by atoms with Gasteiger partial charge in [0.2, 0.25) is 0 Å². The number of anilines is 1. The molecule has 1 amide bonds. The maximum atomic E-state index is 13.9. The van der Waals surface area contributed by atoms with Crippen LogP contribution in [0.1, 0.15) is 35.7 Å². The molecule has 2 aromatic heterocycles. The Bertz CT molecular complexity index is 1320. The van der Waals surface area contributed by atoms with Crippen molar-refractivity contribution in [2.45, 2.75) is 32.7 Å². The third kappa shape index (κ3) is 4.48. The molecule has 2 aromatic carbocycles. The SMILES string of the molecule is Cc1ccc(-c2ncccn2)c(C(=O)N2CCC[C@@H](C)[C@H]2CNc2nc3cc(Cl)ccc3o2)c1. The first-order chi connectivity index (χ1) is 16.5. The van der Waals surface area contributed by atoms with Gasteiger partial charge in [-0.05, 0) is 56.0 Å². The number of aryl methyl sites for hydroxylation is 1. The molecule has 34 heavy (non-hydrogen) atoms. The van der Waals surface area contributed by atoms with Crippen LogP contribution in [0, 0.1) is 12.8 Å². The van der Waals surface area contributed by atoms with Gasteiger partial charge in [0.1, 0.15) is 5.52 Å². The lowest BCUT2D eigenvalue weighted by Crippen LogP contribution is -2.51. The third-order valence-corrected chi connectivity index (χ3v) is 6.64. The second kappa shape index (κ2) is 9.43. The molecule has 0 radical (unpaired) electrons. The number of halogens is 1. The molecule has 0 spiro atoms. The smallest absolute Gasteiger partial charge is 0.295 e. The van der Waals surface area contributed by atoms with Crippen LogP contribution in [0.15, 0.2) is 59.3 Å². The van der Waals surface area contributed by atoms with Crippen LogP contribution in [0.25, 0.3) is 22.5 Å². The third-order valence-electron chi connectivity index (χ3n) is 6.40. The number of fused-ring (bicyclic) bond motifs is 1. The lowest BCUT2D eigenvalue weighted by molar-refractivity contribution is 0.0540. The molecule has 0 bridgehead atoms. The Hall–Kier alpha value is -3.45. The van der Waals surface area contributed by atoms with E-state index in [1.165, 1.54) is 0 Å². The number of rotatable bonds is 5. The molecule has 8 heteroatoms. The van der Waals surface area contributed by atoms with E-state index >= 15 is 0 Å². The summed E-state index contributed by atoms with van der Waals surface area (Å²) in [6, 6.07) is 13.4. The molecular weight excluding hydrogens is 450 g/mol. The van der Waals surface area contributed by atoms with Gasteiger partial charge in [-0.2, -0.15) is 4.98 Å². The van der Waals surface area contributed by atoms with Gasteiger partial charge < -0.3 is 14.6 Å². The molecule has 174 valence electrons. The van der Waals surface area contributed by atoms with Crippen LogP contribution >= 0.6 is 11.6 Å². The number of piperidine rings is 1. The number of aromatic nitrogens is 3. The van der Waals surface area contributed by atoms with Crippen molar-refractivity contribution in [1.82, 2.24) is 19.9 Å². The largest absolute Gasteiger partial charge is 0.424 e. The zero-order chi connectivity index (χ0) is 23.7. The fourth-order valence-corrected chi connectivity index (χ4v) is 4.77. The minimum absolute atomic E-state index is 0.00569. The molecule has 0 saturated carbocycles. The number of oxazole rings is 1. The second-order valence-corrected chi connectivity index (χ2v) is 9.26. The van der Waals surface area contributed by atoms with Gasteiger partial charge in [0.25, 0.3) is 11.9 Å². The summed E-state index contributed by atoms with van der Waals surface area (Å²) in [5.41, 5.74) is 3.77. The van der Waals surface area contributed by atoms with Crippen molar-refractivity contribution in [2.24, 2.45) is 5.92 Å². The van der Waals surface area contributed by atoms with E-state index in [1.54, 1.807) is 36.7 Å². The summed E-state index contributed by atoms with van der Waals surface area (Å²) in [7, 11) is 0. The first-order valence-corrected chi connectivity index (χ1v) is 11.9. The van der Waals surface area contributed by atoms with Gasteiger partial charge in [-0.25, -0.2) is 9.97 Å². The standard InChI is InChI=1S/C26H26ClN5O2/c1-16-6-8-19(24-28-10-4-11-29-24)20(13-16)25(33)32-12-3-5-17(2)22(32)15-30-26-31-21-14-18(27)7-9-23(21)34-26/h4,6-11,13-14,17,22H,3,5,12,15H2,1-2H3,(H,30,31)/t17-,22-/m1/s1. The summed E-state index contributed by atoms with van der Waals surface area (Å²) in [6.45, 7) is 5.41. The highest BCUT2D eigenvalue weighted by atomic mass is 35.5. The molecule has 4 aromatic rings. The Balaban J connectivity index is 1.41. The molecule has 1 aliphatic heterocycles. The van der Waals surface area contributed by atoms with Crippen molar-refractivity contribution in [3.8, 4) is 11.4 Å². The van der Waals surface area contributed by atoms with Crippen molar-refractivity contribution in [3.63, 3.8) is 0 Å². The van der Waals surface area contributed by atoms with Gasteiger partial charge in [-0.15, -0.1) is 0 Å². The number of amides is 1. The molecule has 1 fully saturated rings. The van der Waals surface area contributed by atoms with Crippen molar-refractivity contribution in [2.75, 3.05) is 18.4 Å². The minimum Gasteiger partial charge on any atom is -0.424 e. The molecule has 7 nitrogen and oxygen atoms in total. The van der Waals surface area contributed by atoms with Crippen molar-refractivity contribution in [3.05, 3.63) is 71.0 Å². The number of nitrogens with one attached hydrogen (secondary N) is 1. The fraction of sp³-hybridized carbons (Fsp3) is 0.308. The van der Waals surface area contributed by atoms with Gasteiger partial charge >= 0.3 is 0 Å². The number of benzene rings is 2. The normalized spacial score (nSPS) is 18.3. The lowest BCUT2D eigenvalue weighted by Gasteiger charge is -2.40. The summed E-state index contributed by atoms with van der Waals surface area (Å²) in [6.07, 6.45) is 5.41. The number of carbonyl (C=O) groups excluding carboxylic acids is 1. The summed E-state index contributed by atoms with van der Waals surface area (Å²) in [4.78, 5) is 29.1. The molecular formula is C26H26ClN5O2. The first kappa shape index (κ1) is 22.3. The lowest BCUT2D eigenvalue weighted by atomic mass is 9.89. The highest BCUT2D eigenvalue weighted by Crippen LogP contribution is 2.29. The number of hydrogen-bond acceptors (Lipinski definition) is 6. The zero-order valence-electron chi connectivity index (χ0n) is 19.2. The first-order valence-electron chi connectivity index (χ1n) is 11.5. The van der Waals surface area contributed by atoms with Gasteiger partial charge in [-0.3, -0.25) is 4.79 Å². The fourth-order valence-electron chi connectivity index (χ4n) is 4.60. The molecule has 1 N–H and O–H groups in total. The average molecular weight is 476 g/mol. The average Bonchev–Trinajstić information content (AvgIpc) is 3.25. The molecule has 3 heterocycles. The van der Waals surface area contributed by atoms with E-state index in [-0.39, 0.29) is 11.9 Å². The van der Waals surface area contributed by atoms with E-state index in [9.17, 15) is 4.79 Å². The summed E-state index contributed by atoms with van der Waals surface area (Å²) >= 11 is 6.07. The molecule has 1 aliphatic rings. The van der Waals surface area contributed by atoms with Crippen LogP contribution in [0.5, 0.6) is 0 Å². The maximum Gasteiger partial charge on any atom is 0.295 e. The van der Waals surface area contributed by atoms with Crippen LogP contribution in [0.4, 0.5) is 6.01 Å². The van der Waals surface area contributed by atoms with Crippen LogP contribution in [0.2, 0.25) is 5.02 Å². The minimum atomic E-state index is -0.00935. The number of carbonyl (C=O) groups is 1. The summed E-state index contributed by atoms with van der Waals surface area (Å²) in [5.74, 6) is 0.870. The van der Waals surface area contributed by atoms with E-state index in [2.05, 4.69) is 27.2 Å². The van der Waals surface area contributed by atoms with E-state index in [0.29, 0.717) is 52.5 Å². The van der Waals surface area contributed by atoms with Crippen molar-refractivity contribution >= 4 is 34.6 Å². The molecule has 0 aliphatic carbocycles. The molecule has 1 saturated heterocycles. The van der Waals surface area contributed by atoms with Gasteiger partial charge in [-0.1, -0.05) is 36.2 Å². The number of likely N-dealkylation sites (tertiary alicyclic amines) is 1. The van der Waals surface area contributed by atoms with Crippen LogP contribution in [0.3, 0.4) is 0 Å². The van der Waals surface area contributed by atoms with Gasteiger partial charge in [0.15, 0.2) is 11.4 Å². The monoisotopic (exact) mass is 475 g/mol. The highest BCUT2D eigenvalue weighted by Gasteiger charge is 2.33. The topological polar surface area (TPSA) is 84.2 Å². The number of nitrogens with zero attached hydrogens (tertiary/aromatic N) is 4. The van der Waals surface area contributed by atoms with E-state index < -0.39 is 0 Å². The molecule has 0 unspecified atom stereocenters. The Kier molecular flexibility index (Phi) is 6.20. The summed E-state index contributed by atoms with van der Waals surface area (Å²) in [5, 5.41) is 3.92. The Morgan fingerprint density at radius 2 is 2.03 bits per heavy atom. The van der Waals surface area contributed by atoms with Crippen LogP contribution in [-0.2, 0) is 0 Å². The van der Waals surface area contributed by atoms with Crippen LogP contribution in [-0.4, -0.2) is 44.9 Å². The second-order valence-electron chi connectivity index (χ2n) is 8.82. The predicted octanol–water partition coefficient (Wildman–Crippen LogP) is 5.60. The van der Waals surface area contributed by atoms with E-state index in [1.807, 2.05) is 30.0 Å².